The molecular weight excluding hydrogens is 266 g/mol. The molecule has 1 amide bonds. The van der Waals surface area contributed by atoms with Crippen molar-refractivity contribution in [2.45, 2.75) is 33.2 Å². The van der Waals surface area contributed by atoms with Gasteiger partial charge in [-0.1, -0.05) is 37.6 Å². The third kappa shape index (κ3) is 4.56. The number of rotatable bonds is 5. The summed E-state index contributed by atoms with van der Waals surface area (Å²) in [6, 6.07) is 6.39. The molecule has 0 aliphatic rings. The van der Waals surface area contributed by atoms with E-state index < -0.39 is 17.4 Å². The number of halogens is 1. The van der Waals surface area contributed by atoms with Crippen LogP contribution in [0.25, 0.3) is 0 Å². The fourth-order valence-electron chi connectivity index (χ4n) is 1.69. The smallest absolute Gasteiger partial charge is 0.325 e. The zero-order chi connectivity index (χ0) is 14.6. The van der Waals surface area contributed by atoms with Gasteiger partial charge in [0.1, 0.15) is 6.04 Å². The predicted molar refractivity (Wildman–Crippen MR) is 74.2 cm³/mol. The molecule has 0 spiro atoms. The lowest BCUT2D eigenvalue weighted by Gasteiger charge is -2.25. The molecule has 1 rings (SSSR count). The topological polar surface area (TPSA) is 66.4 Å². The van der Waals surface area contributed by atoms with E-state index in [-0.39, 0.29) is 5.91 Å². The van der Waals surface area contributed by atoms with E-state index in [4.69, 9.17) is 16.7 Å². The van der Waals surface area contributed by atoms with Crippen LogP contribution in [0.15, 0.2) is 24.3 Å². The Kier molecular flexibility index (Phi) is 4.95. The molecule has 4 nitrogen and oxygen atoms in total. The van der Waals surface area contributed by atoms with Crippen LogP contribution in [0.5, 0.6) is 0 Å². The third-order valence-corrected chi connectivity index (χ3v) is 3.10. The van der Waals surface area contributed by atoms with Crippen molar-refractivity contribution in [1.29, 1.82) is 0 Å². The number of nitrogens with one attached hydrogen (secondary N) is 1. The lowest BCUT2D eigenvalue weighted by Crippen LogP contribution is -2.45. The summed E-state index contributed by atoms with van der Waals surface area (Å²) < 4.78 is 0. The van der Waals surface area contributed by atoms with E-state index in [2.05, 4.69) is 5.32 Å². The molecule has 0 saturated carbocycles. The highest BCUT2D eigenvalue weighted by atomic mass is 35.5. The summed E-state index contributed by atoms with van der Waals surface area (Å²) in [7, 11) is 0. The minimum absolute atomic E-state index is 0.289. The normalized spacial score (nSPS) is 12.8. The van der Waals surface area contributed by atoms with Crippen LogP contribution in [0.4, 0.5) is 0 Å². The van der Waals surface area contributed by atoms with Crippen LogP contribution < -0.4 is 5.32 Å². The van der Waals surface area contributed by atoms with Crippen LogP contribution in [-0.2, 0) is 16.0 Å². The van der Waals surface area contributed by atoms with Crippen molar-refractivity contribution in [1.82, 2.24) is 5.32 Å². The highest BCUT2D eigenvalue weighted by molar-refractivity contribution is 6.30. The minimum atomic E-state index is -1.05. The number of carbonyl (C=O) groups is 2. The van der Waals surface area contributed by atoms with Gasteiger partial charge >= 0.3 is 5.97 Å². The zero-order valence-electron chi connectivity index (χ0n) is 11.2. The molecule has 1 aromatic carbocycles. The molecule has 104 valence electrons. The molecule has 0 saturated heterocycles. The molecule has 0 aromatic heterocycles. The highest BCUT2D eigenvalue weighted by Crippen LogP contribution is 2.24. The van der Waals surface area contributed by atoms with E-state index in [1.165, 1.54) is 6.92 Å². The van der Waals surface area contributed by atoms with Crippen molar-refractivity contribution in [2.75, 3.05) is 0 Å². The molecule has 1 aromatic rings. The third-order valence-electron chi connectivity index (χ3n) is 2.87. The first-order valence-electron chi connectivity index (χ1n) is 6.00. The van der Waals surface area contributed by atoms with Gasteiger partial charge in [-0.05, 0) is 31.0 Å². The fourth-order valence-corrected chi connectivity index (χ4v) is 1.90. The van der Waals surface area contributed by atoms with Crippen molar-refractivity contribution < 1.29 is 14.7 Å². The van der Waals surface area contributed by atoms with Gasteiger partial charge in [-0.15, -0.1) is 0 Å². The number of carboxylic acid groups (broad SMARTS) is 1. The monoisotopic (exact) mass is 283 g/mol. The minimum Gasteiger partial charge on any atom is -0.480 e. The zero-order valence-corrected chi connectivity index (χ0v) is 12.0. The first-order chi connectivity index (χ1) is 8.72. The van der Waals surface area contributed by atoms with E-state index in [1.54, 1.807) is 26.0 Å². The Morgan fingerprint density at radius 3 is 2.58 bits per heavy atom. The van der Waals surface area contributed by atoms with Crippen molar-refractivity contribution in [3.8, 4) is 0 Å². The Morgan fingerprint density at radius 1 is 1.42 bits per heavy atom. The number of aliphatic carboxylic acids is 1. The molecule has 0 bridgehead atoms. The van der Waals surface area contributed by atoms with Crippen LogP contribution in [0.3, 0.4) is 0 Å². The van der Waals surface area contributed by atoms with Crippen molar-refractivity contribution in [3.63, 3.8) is 0 Å². The standard InChI is InChI=1S/C14H18ClNO3/c1-9(12(17)18)16-13(19)14(2,3)8-10-5-4-6-11(15)7-10/h4-7,9H,8H2,1-3H3,(H,16,19)(H,17,18)/t9-/m1/s1. The van der Waals surface area contributed by atoms with Gasteiger partial charge in [0.25, 0.3) is 0 Å². The van der Waals surface area contributed by atoms with Gasteiger partial charge in [0.05, 0.1) is 0 Å². The number of carboxylic acids is 1. The Morgan fingerprint density at radius 2 is 2.05 bits per heavy atom. The quantitative estimate of drug-likeness (QED) is 0.872. The average molecular weight is 284 g/mol. The first-order valence-corrected chi connectivity index (χ1v) is 6.38. The summed E-state index contributed by atoms with van der Waals surface area (Å²) in [5.74, 6) is -1.34. The van der Waals surface area contributed by atoms with Gasteiger partial charge in [-0.3, -0.25) is 9.59 Å². The predicted octanol–water partition coefficient (Wildman–Crippen LogP) is 2.50. The SMILES string of the molecule is C[C@@H](NC(=O)C(C)(C)Cc1cccc(Cl)c1)C(=O)O. The van der Waals surface area contributed by atoms with Crippen LogP contribution in [0, 0.1) is 5.41 Å². The summed E-state index contributed by atoms with van der Waals surface area (Å²) in [5.41, 5.74) is 0.240. The molecule has 0 aliphatic heterocycles. The summed E-state index contributed by atoms with van der Waals surface area (Å²) in [5, 5.41) is 11.9. The maximum atomic E-state index is 12.1. The highest BCUT2D eigenvalue weighted by Gasteiger charge is 2.30. The number of carbonyl (C=O) groups excluding carboxylic acids is 1. The van der Waals surface area contributed by atoms with Gasteiger partial charge in [0.15, 0.2) is 0 Å². The van der Waals surface area contributed by atoms with Gasteiger partial charge < -0.3 is 10.4 Å². The number of hydrogen-bond acceptors (Lipinski definition) is 2. The Bertz CT molecular complexity index is 485. The molecule has 1 atom stereocenters. The Hall–Kier alpha value is -1.55. The summed E-state index contributed by atoms with van der Waals surface area (Å²) >= 11 is 5.90. The molecular formula is C14H18ClNO3. The lowest BCUT2D eigenvalue weighted by molar-refractivity contribution is -0.142. The van der Waals surface area contributed by atoms with E-state index in [1.807, 2.05) is 12.1 Å². The second kappa shape index (κ2) is 6.06. The van der Waals surface area contributed by atoms with Gasteiger partial charge in [0.2, 0.25) is 5.91 Å². The van der Waals surface area contributed by atoms with Gasteiger partial charge in [0, 0.05) is 10.4 Å². The van der Waals surface area contributed by atoms with Crippen LogP contribution in [0.2, 0.25) is 5.02 Å². The van der Waals surface area contributed by atoms with Crippen LogP contribution >= 0.6 is 11.6 Å². The molecule has 0 heterocycles. The average Bonchev–Trinajstić information content (AvgIpc) is 2.27. The van der Waals surface area contributed by atoms with E-state index in [0.29, 0.717) is 11.4 Å². The number of hydrogen-bond donors (Lipinski definition) is 2. The molecule has 5 heteroatoms. The fraction of sp³-hybridized carbons (Fsp3) is 0.429. The molecule has 0 aliphatic carbocycles. The Balaban J connectivity index is 2.75. The Labute approximate surface area is 117 Å². The van der Waals surface area contributed by atoms with Crippen LogP contribution in [-0.4, -0.2) is 23.0 Å². The molecule has 0 fully saturated rings. The van der Waals surface area contributed by atoms with Crippen LogP contribution in [0.1, 0.15) is 26.3 Å². The second-order valence-corrected chi connectivity index (χ2v) is 5.66. The molecule has 2 N–H and O–H groups in total. The van der Waals surface area contributed by atoms with E-state index in [9.17, 15) is 9.59 Å². The lowest BCUT2D eigenvalue weighted by atomic mass is 9.84. The first kappa shape index (κ1) is 15.5. The summed E-state index contributed by atoms with van der Waals surface area (Å²) in [6.45, 7) is 4.99. The molecule has 0 radical (unpaired) electrons. The molecule has 0 unspecified atom stereocenters. The number of benzene rings is 1. The van der Waals surface area contributed by atoms with Gasteiger partial charge in [-0.2, -0.15) is 0 Å². The van der Waals surface area contributed by atoms with Crippen molar-refractivity contribution in [3.05, 3.63) is 34.9 Å². The second-order valence-electron chi connectivity index (χ2n) is 5.22. The maximum Gasteiger partial charge on any atom is 0.325 e. The summed E-state index contributed by atoms with van der Waals surface area (Å²) in [6.07, 6.45) is 0.492. The van der Waals surface area contributed by atoms with E-state index in [0.717, 1.165) is 5.56 Å². The maximum absolute atomic E-state index is 12.1. The van der Waals surface area contributed by atoms with E-state index >= 15 is 0 Å². The summed E-state index contributed by atoms with van der Waals surface area (Å²) in [4.78, 5) is 22.8. The number of amides is 1. The molecule has 19 heavy (non-hydrogen) atoms. The van der Waals surface area contributed by atoms with Crippen molar-refractivity contribution >= 4 is 23.5 Å². The van der Waals surface area contributed by atoms with Crippen molar-refractivity contribution in [2.24, 2.45) is 5.41 Å². The van der Waals surface area contributed by atoms with Gasteiger partial charge in [-0.25, -0.2) is 0 Å². The largest absolute Gasteiger partial charge is 0.480 e.